The first-order valence-corrected chi connectivity index (χ1v) is 8.96. The molecule has 1 atom stereocenters. The Morgan fingerprint density at radius 1 is 1.23 bits per heavy atom. The van der Waals surface area contributed by atoms with Crippen LogP contribution in [0.5, 0.6) is 11.5 Å². The Labute approximate surface area is 173 Å². The molecule has 0 spiro atoms. The quantitative estimate of drug-likeness (QED) is 0.357. The molecule has 3 aromatic rings. The van der Waals surface area contributed by atoms with Crippen LogP contribution in [0.3, 0.4) is 0 Å². The van der Waals surface area contributed by atoms with Crippen LogP contribution < -0.4 is 33.7 Å². The molecule has 0 aliphatic heterocycles. The first-order chi connectivity index (χ1) is 11.8. The van der Waals surface area contributed by atoms with Gasteiger partial charge in [-0.05, 0) is 30.5 Å². The van der Waals surface area contributed by atoms with Crippen molar-refractivity contribution in [3.63, 3.8) is 0 Å². The Bertz CT molecular complexity index is 1000. The zero-order valence-corrected chi connectivity index (χ0v) is 17.4. The number of benzene rings is 2. The number of fused-ring (bicyclic) bond motifs is 1. The molecule has 0 saturated heterocycles. The van der Waals surface area contributed by atoms with Crippen LogP contribution in [-0.4, -0.2) is 33.1 Å². The Balaban J connectivity index is 0.00000243. The van der Waals surface area contributed by atoms with Gasteiger partial charge in [-0.1, -0.05) is 26.0 Å². The largest absolute Gasteiger partial charge is 1.00 e. The van der Waals surface area contributed by atoms with Crippen LogP contribution in [0, 0.1) is 0 Å². The maximum atomic E-state index is 10.9. The molecular formula is C16H16N3NaO5S. The molecule has 0 aliphatic rings. The monoisotopic (exact) mass is 385 g/mol. The molecule has 10 heteroatoms. The molecule has 1 unspecified atom stereocenters. The van der Waals surface area contributed by atoms with Crippen molar-refractivity contribution in [2.24, 2.45) is 0 Å². The number of rotatable bonds is 5. The molecule has 2 aromatic carbocycles. The third kappa shape index (κ3) is 4.36. The van der Waals surface area contributed by atoms with Gasteiger partial charge in [0.2, 0.25) is 0 Å². The van der Waals surface area contributed by atoms with E-state index >= 15 is 0 Å². The molecule has 3 rings (SSSR count). The smallest absolute Gasteiger partial charge is 0.716 e. The first kappa shape index (κ1) is 20.7. The molecule has 0 saturated carbocycles. The van der Waals surface area contributed by atoms with Crippen LogP contribution >= 0.6 is 0 Å². The van der Waals surface area contributed by atoms with E-state index in [1.54, 1.807) is 24.3 Å². The van der Waals surface area contributed by atoms with Crippen LogP contribution in [0.4, 0.5) is 0 Å². The summed E-state index contributed by atoms with van der Waals surface area (Å²) in [6, 6.07) is 9.67. The second-order valence-corrected chi connectivity index (χ2v) is 6.64. The van der Waals surface area contributed by atoms with Gasteiger partial charge in [0.1, 0.15) is 28.2 Å². The Morgan fingerprint density at radius 3 is 2.31 bits per heavy atom. The summed E-state index contributed by atoms with van der Waals surface area (Å²) in [4.78, 5) is 1.19. The number of hydrogen-bond donors (Lipinski definition) is 1. The average molecular weight is 385 g/mol. The van der Waals surface area contributed by atoms with Crippen molar-refractivity contribution in [3.05, 3.63) is 42.0 Å². The summed E-state index contributed by atoms with van der Waals surface area (Å²) in [5.74, 6) is -0.383. The normalized spacial score (nSPS) is 12.6. The number of hydrogen-bond acceptors (Lipinski definition) is 7. The third-order valence-electron chi connectivity index (χ3n) is 3.94. The maximum Gasteiger partial charge on any atom is 1.00 e. The van der Waals surface area contributed by atoms with Crippen molar-refractivity contribution in [2.75, 3.05) is 0 Å². The van der Waals surface area contributed by atoms with E-state index in [9.17, 15) is 18.1 Å². The van der Waals surface area contributed by atoms with Gasteiger partial charge in [-0.15, -0.1) is 15.0 Å². The van der Waals surface area contributed by atoms with E-state index in [-0.39, 0.29) is 52.7 Å². The summed E-state index contributed by atoms with van der Waals surface area (Å²) < 4.78 is 37.3. The predicted octanol–water partition coefficient (Wildman–Crippen LogP) is -0.517. The number of phenols is 1. The van der Waals surface area contributed by atoms with Gasteiger partial charge in [-0.2, -0.15) is 0 Å². The van der Waals surface area contributed by atoms with Crippen molar-refractivity contribution in [1.82, 2.24) is 15.0 Å². The van der Waals surface area contributed by atoms with Gasteiger partial charge in [0.25, 0.3) is 10.4 Å². The Hall–Kier alpha value is -1.65. The molecule has 1 aromatic heterocycles. The standard InChI is InChI=1S/C16H17N3O5S.Na/c1-3-10(2)12-8-11(24-25(21,22)23)9-15(16(12)20)19-17-13-6-4-5-7-14(13)18-19;/h4-10,20H,3H2,1-2H3,(H,21,22,23);/q;+1/p-1. The Kier molecular flexibility index (Phi) is 6.30. The molecular weight excluding hydrogens is 369 g/mol. The van der Waals surface area contributed by atoms with Gasteiger partial charge in [0, 0.05) is 11.6 Å². The van der Waals surface area contributed by atoms with Crippen molar-refractivity contribution in [2.45, 2.75) is 26.2 Å². The minimum Gasteiger partial charge on any atom is -0.716 e. The molecule has 0 fully saturated rings. The van der Waals surface area contributed by atoms with Crippen molar-refractivity contribution < 1.29 is 51.8 Å². The van der Waals surface area contributed by atoms with Crippen LogP contribution in [0.15, 0.2) is 36.4 Å². The summed E-state index contributed by atoms with van der Waals surface area (Å²) in [7, 11) is -4.94. The van der Waals surface area contributed by atoms with E-state index in [0.717, 1.165) is 0 Å². The second kappa shape index (κ2) is 7.93. The van der Waals surface area contributed by atoms with Crippen LogP contribution in [-0.2, 0) is 10.4 Å². The number of aromatic hydroxyl groups is 1. The minimum atomic E-state index is -4.94. The zero-order valence-electron chi connectivity index (χ0n) is 14.6. The molecule has 0 aliphatic carbocycles. The van der Waals surface area contributed by atoms with Crippen LogP contribution in [0.2, 0.25) is 0 Å². The maximum absolute atomic E-state index is 10.9. The van der Waals surface area contributed by atoms with Gasteiger partial charge in [-0.25, -0.2) is 8.42 Å². The van der Waals surface area contributed by atoms with E-state index in [4.69, 9.17) is 0 Å². The summed E-state index contributed by atoms with van der Waals surface area (Å²) in [6.07, 6.45) is 0.690. The molecule has 132 valence electrons. The molecule has 0 radical (unpaired) electrons. The number of nitrogens with zero attached hydrogens (tertiary/aromatic N) is 3. The summed E-state index contributed by atoms with van der Waals surface area (Å²) in [5, 5.41) is 19.1. The van der Waals surface area contributed by atoms with Gasteiger partial charge in [0.15, 0.2) is 0 Å². The molecule has 8 nitrogen and oxygen atoms in total. The van der Waals surface area contributed by atoms with E-state index in [1.807, 2.05) is 13.8 Å². The van der Waals surface area contributed by atoms with Gasteiger partial charge >= 0.3 is 29.6 Å². The minimum absolute atomic E-state index is 0. The fraction of sp³-hybridized carbons (Fsp3) is 0.250. The van der Waals surface area contributed by atoms with Crippen molar-refractivity contribution in [3.8, 4) is 17.2 Å². The van der Waals surface area contributed by atoms with Crippen molar-refractivity contribution in [1.29, 1.82) is 0 Å². The summed E-state index contributed by atoms with van der Waals surface area (Å²) in [6.45, 7) is 3.78. The summed E-state index contributed by atoms with van der Waals surface area (Å²) in [5.41, 5.74) is 1.79. The van der Waals surface area contributed by atoms with Gasteiger partial charge in [-0.3, -0.25) is 0 Å². The van der Waals surface area contributed by atoms with E-state index in [0.29, 0.717) is 23.0 Å². The number of aromatic nitrogens is 3. The SMILES string of the molecule is CCC(C)c1cc(OS(=O)(=O)[O-])cc(-n2nc3ccccc3n2)c1O.[Na+]. The molecule has 0 bridgehead atoms. The molecule has 26 heavy (non-hydrogen) atoms. The summed E-state index contributed by atoms with van der Waals surface area (Å²) >= 11 is 0. The van der Waals surface area contributed by atoms with E-state index < -0.39 is 10.4 Å². The zero-order chi connectivity index (χ0) is 18.2. The molecule has 1 N–H and O–H groups in total. The number of phenolic OH excluding ortho intramolecular Hbond substituents is 1. The van der Waals surface area contributed by atoms with Crippen molar-refractivity contribution >= 4 is 21.4 Å². The van der Waals surface area contributed by atoms with E-state index in [2.05, 4.69) is 14.4 Å². The molecule has 0 amide bonds. The van der Waals surface area contributed by atoms with Crippen LogP contribution in [0.1, 0.15) is 31.7 Å². The fourth-order valence-electron chi connectivity index (χ4n) is 2.50. The van der Waals surface area contributed by atoms with Gasteiger partial charge < -0.3 is 13.8 Å². The van der Waals surface area contributed by atoms with Crippen LogP contribution in [0.25, 0.3) is 16.7 Å². The fourth-order valence-corrected chi connectivity index (χ4v) is 2.83. The Morgan fingerprint density at radius 2 is 1.81 bits per heavy atom. The average Bonchev–Trinajstić information content (AvgIpc) is 2.98. The predicted molar refractivity (Wildman–Crippen MR) is 89.6 cm³/mol. The van der Waals surface area contributed by atoms with E-state index in [1.165, 1.54) is 16.9 Å². The topological polar surface area (TPSA) is 117 Å². The van der Waals surface area contributed by atoms with Gasteiger partial charge in [0.05, 0.1) is 0 Å². The first-order valence-electron chi connectivity index (χ1n) is 7.63. The third-order valence-corrected chi connectivity index (χ3v) is 4.33. The second-order valence-electron chi connectivity index (χ2n) is 5.66. The molecule has 1 heterocycles.